The van der Waals surface area contributed by atoms with Gasteiger partial charge in [-0.1, -0.05) is 32.6 Å². The van der Waals surface area contributed by atoms with Gasteiger partial charge in [0, 0.05) is 6.54 Å². The molecule has 0 aromatic rings. The number of nitrogens with one attached hydrogen (secondary N) is 1. The van der Waals surface area contributed by atoms with Gasteiger partial charge in [-0.05, 0) is 6.42 Å². The lowest BCUT2D eigenvalue weighted by Gasteiger charge is -2.39. The van der Waals surface area contributed by atoms with E-state index in [2.05, 4.69) is 12.2 Å². The first-order valence-electron chi connectivity index (χ1n) is 7.76. The Morgan fingerprint density at radius 2 is 1.77 bits per heavy atom. The first-order valence-corrected chi connectivity index (χ1v) is 7.76. The summed E-state index contributed by atoms with van der Waals surface area (Å²) in [5, 5.41) is 40.4. The average molecular weight is 321 g/mol. The highest BCUT2D eigenvalue weighted by molar-refractivity contribution is 5.67. The van der Waals surface area contributed by atoms with Gasteiger partial charge in [0.1, 0.15) is 24.4 Å². The maximum atomic E-state index is 11.6. The lowest BCUT2D eigenvalue weighted by atomic mass is 9.99. The lowest BCUT2D eigenvalue weighted by molar-refractivity contribution is -0.284. The van der Waals surface area contributed by atoms with E-state index < -0.39 is 43.4 Å². The number of aliphatic hydroxyl groups excluding tert-OH is 4. The van der Waals surface area contributed by atoms with E-state index in [4.69, 9.17) is 14.6 Å². The predicted molar refractivity (Wildman–Crippen MR) is 77.0 cm³/mol. The molecule has 0 aromatic carbocycles. The van der Waals surface area contributed by atoms with Crippen LogP contribution in [0.25, 0.3) is 0 Å². The second-order valence-corrected chi connectivity index (χ2v) is 5.44. The Morgan fingerprint density at radius 3 is 2.41 bits per heavy atom. The molecule has 5 atom stereocenters. The van der Waals surface area contributed by atoms with Crippen molar-refractivity contribution in [3.8, 4) is 0 Å². The zero-order chi connectivity index (χ0) is 16.5. The molecule has 5 N–H and O–H groups in total. The van der Waals surface area contributed by atoms with Gasteiger partial charge in [0.25, 0.3) is 0 Å². The molecule has 0 saturated carbocycles. The number of aliphatic hydroxyl groups is 4. The summed E-state index contributed by atoms with van der Waals surface area (Å²) in [4.78, 5) is 11.6. The van der Waals surface area contributed by atoms with Crippen molar-refractivity contribution >= 4 is 6.09 Å². The van der Waals surface area contributed by atoms with Gasteiger partial charge >= 0.3 is 6.09 Å². The zero-order valence-corrected chi connectivity index (χ0v) is 12.9. The van der Waals surface area contributed by atoms with Crippen LogP contribution < -0.4 is 5.32 Å². The molecule has 1 fully saturated rings. The summed E-state index contributed by atoms with van der Waals surface area (Å²) in [5.74, 6) is 0. The third-order valence-electron chi connectivity index (χ3n) is 3.62. The standard InChI is InChI=1S/C14H27NO7/c1-2-3-4-5-6-7-15-14(20)22-13-12(19)11(18)10(17)9(8-16)21-13/h9-13,16-19H,2-8H2,1H3,(H,15,20)/t9-,10-,11+,12+,13+/m1/s1. The molecule has 1 aliphatic rings. The van der Waals surface area contributed by atoms with Crippen LogP contribution in [0.5, 0.6) is 0 Å². The van der Waals surface area contributed by atoms with E-state index in [1.165, 1.54) is 0 Å². The van der Waals surface area contributed by atoms with Crippen molar-refractivity contribution in [2.45, 2.75) is 69.7 Å². The topological polar surface area (TPSA) is 128 Å². The van der Waals surface area contributed by atoms with Crippen molar-refractivity contribution < 1.29 is 34.7 Å². The van der Waals surface area contributed by atoms with E-state index in [0.29, 0.717) is 6.54 Å². The van der Waals surface area contributed by atoms with Gasteiger partial charge in [-0.3, -0.25) is 0 Å². The Labute approximate surface area is 130 Å². The van der Waals surface area contributed by atoms with Gasteiger partial charge in [-0.25, -0.2) is 4.79 Å². The van der Waals surface area contributed by atoms with Crippen molar-refractivity contribution in [3.63, 3.8) is 0 Å². The number of hydrogen-bond donors (Lipinski definition) is 5. The molecule has 8 heteroatoms. The fourth-order valence-electron chi connectivity index (χ4n) is 2.23. The molecule has 0 bridgehead atoms. The zero-order valence-electron chi connectivity index (χ0n) is 12.9. The first kappa shape index (κ1) is 19.1. The molecule has 0 spiro atoms. The third-order valence-corrected chi connectivity index (χ3v) is 3.62. The van der Waals surface area contributed by atoms with Crippen LogP contribution in [0.3, 0.4) is 0 Å². The van der Waals surface area contributed by atoms with Crippen molar-refractivity contribution in [1.82, 2.24) is 5.32 Å². The molecule has 1 amide bonds. The third kappa shape index (κ3) is 5.69. The van der Waals surface area contributed by atoms with Crippen LogP contribution in [0, 0.1) is 0 Å². The summed E-state index contributed by atoms with van der Waals surface area (Å²) < 4.78 is 9.95. The van der Waals surface area contributed by atoms with Crippen molar-refractivity contribution in [2.24, 2.45) is 0 Å². The van der Waals surface area contributed by atoms with Crippen LogP contribution in [-0.4, -0.2) is 70.4 Å². The van der Waals surface area contributed by atoms with Crippen LogP contribution in [-0.2, 0) is 9.47 Å². The van der Waals surface area contributed by atoms with E-state index in [0.717, 1.165) is 32.1 Å². The number of alkyl carbamates (subject to hydrolysis) is 1. The average Bonchev–Trinajstić information content (AvgIpc) is 2.51. The molecule has 22 heavy (non-hydrogen) atoms. The highest BCUT2D eigenvalue weighted by atomic mass is 16.7. The summed E-state index contributed by atoms with van der Waals surface area (Å²) in [6.07, 6.45) is -2.66. The van der Waals surface area contributed by atoms with Gasteiger partial charge in [0.2, 0.25) is 6.29 Å². The van der Waals surface area contributed by atoms with Gasteiger partial charge in [-0.15, -0.1) is 0 Å². The van der Waals surface area contributed by atoms with E-state index in [-0.39, 0.29) is 0 Å². The molecule has 1 saturated heterocycles. The Bertz CT molecular complexity index is 326. The van der Waals surface area contributed by atoms with E-state index >= 15 is 0 Å². The second-order valence-electron chi connectivity index (χ2n) is 5.44. The van der Waals surface area contributed by atoms with Gasteiger partial charge in [0.15, 0.2) is 0 Å². The smallest absolute Gasteiger partial charge is 0.409 e. The van der Waals surface area contributed by atoms with Crippen molar-refractivity contribution in [2.75, 3.05) is 13.2 Å². The molecule has 0 aliphatic carbocycles. The normalized spacial score (nSPS) is 31.8. The van der Waals surface area contributed by atoms with Crippen LogP contribution >= 0.6 is 0 Å². The van der Waals surface area contributed by atoms with E-state index in [1.807, 2.05) is 0 Å². The summed E-state index contributed by atoms with van der Waals surface area (Å²) >= 11 is 0. The maximum absolute atomic E-state index is 11.6. The van der Waals surface area contributed by atoms with Crippen molar-refractivity contribution in [3.05, 3.63) is 0 Å². The summed E-state index contributed by atoms with van der Waals surface area (Å²) in [7, 11) is 0. The fraction of sp³-hybridized carbons (Fsp3) is 0.929. The van der Waals surface area contributed by atoms with Crippen LogP contribution in [0.4, 0.5) is 4.79 Å². The monoisotopic (exact) mass is 321 g/mol. The number of rotatable bonds is 8. The molecule has 1 rings (SSSR count). The molecule has 0 radical (unpaired) electrons. The molecule has 0 unspecified atom stereocenters. The number of carbonyl (C=O) groups is 1. The predicted octanol–water partition coefficient (Wildman–Crippen LogP) is -0.517. The fourth-order valence-corrected chi connectivity index (χ4v) is 2.23. The molecule has 1 aliphatic heterocycles. The summed E-state index contributed by atoms with van der Waals surface area (Å²) in [6.45, 7) is 2.00. The summed E-state index contributed by atoms with van der Waals surface area (Å²) in [5.41, 5.74) is 0. The Balaban J connectivity index is 2.30. The minimum Gasteiger partial charge on any atom is -0.417 e. The number of amides is 1. The Kier molecular flexibility index (Phi) is 8.66. The first-order chi connectivity index (χ1) is 10.5. The highest BCUT2D eigenvalue weighted by Gasteiger charge is 2.45. The number of carbonyl (C=O) groups excluding carboxylic acids is 1. The number of ether oxygens (including phenoxy) is 2. The Morgan fingerprint density at radius 1 is 1.09 bits per heavy atom. The molecule has 0 aromatic heterocycles. The van der Waals surface area contributed by atoms with Crippen molar-refractivity contribution in [1.29, 1.82) is 0 Å². The van der Waals surface area contributed by atoms with Crippen LogP contribution in [0.2, 0.25) is 0 Å². The van der Waals surface area contributed by atoms with Crippen LogP contribution in [0.15, 0.2) is 0 Å². The lowest BCUT2D eigenvalue weighted by Crippen LogP contribution is -2.59. The quantitative estimate of drug-likeness (QED) is 0.381. The van der Waals surface area contributed by atoms with E-state index in [9.17, 15) is 20.1 Å². The second kappa shape index (κ2) is 9.96. The number of unbranched alkanes of at least 4 members (excludes halogenated alkanes) is 4. The molecular formula is C14H27NO7. The Hall–Kier alpha value is -0.930. The molecular weight excluding hydrogens is 294 g/mol. The van der Waals surface area contributed by atoms with Gasteiger partial charge < -0.3 is 35.2 Å². The molecule has 8 nitrogen and oxygen atoms in total. The SMILES string of the molecule is CCCCCCCNC(=O)O[C@@H]1O[C@H](CO)[C@@H](O)[C@H](O)[C@@H]1O. The summed E-state index contributed by atoms with van der Waals surface area (Å²) in [6, 6.07) is 0. The maximum Gasteiger partial charge on any atom is 0.409 e. The highest BCUT2D eigenvalue weighted by Crippen LogP contribution is 2.21. The number of hydrogen-bond acceptors (Lipinski definition) is 7. The minimum atomic E-state index is -1.58. The molecule has 1 heterocycles. The van der Waals surface area contributed by atoms with Gasteiger partial charge in [-0.2, -0.15) is 0 Å². The van der Waals surface area contributed by atoms with E-state index in [1.54, 1.807) is 0 Å². The van der Waals surface area contributed by atoms with Gasteiger partial charge in [0.05, 0.1) is 6.61 Å². The molecule has 130 valence electrons. The minimum absolute atomic E-state index is 0.444. The van der Waals surface area contributed by atoms with Crippen LogP contribution in [0.1, 0.15) is 39.0 Å². The largest absolute Gasteiger partial charge is 0.417 e.